The Morgan fingerprint density at radius 1 is 1.43 bits per heavy atom. The zero-order chi connectivity index (χ0) is 10.4. The Kier molecular flexibility index (Phi) is 4.93. The average molecular weight is 216 g/mol. The fraction of sp³-hybridized carbons (Fsp3) is 0.400. The standard InChI is InChI=1S/C10H13FO2S/c11-9-3-1-2-8(4-9)6-14-7-10(13)5-12/h1-4,10,12-13H,5-7H2. The fourth-order valence-electron chi connectivity index (χ4n) is 0.992. The predicted molar refractivity (Wildman–Crippen MR) is 55.7 cm³/mol. The molecule has 2 nitrogen and oxygen atoms in total. The van der Waals surface area contributed by atoms with Gasteiger partial charge in [0.1, 0.15) is 5.82 Å². The lowest BCUT2D eigenvalue weighted by molar-refractivity contribution is 0.113. The second kappa shape index (κ2) is 6.01. The highest BCUT2D eigenvalue weighted by Crippen LogP contribution is 2.13. The van der Waals surface area contributed by atoms with Gasteiger partial charge in [-0.15, -0.1) is 0 Å². The highest BCUT2D eigenvalue weighted by atomic mass is 32.2. The average Bonchev–Trinajstić information content (AvgIpc) is 2.17. The van der Waals surface area contributed by atoms with Gasteiger partial charge in [-0.05, 0) is 17.7 Å². The van der Waals surface area contributed by atoms with Crippen LogP contribution in [0.15, 0.2) is 24.3 Å². The summed E-state index contributed by atoms with van der Waals surface area (Å²) in [5, 5.41) is 17.6. The summed E-state index contributed by atoms with van der Waals surface area (Å²) >= 11 is 1.47. The number of hydrogen-bond acceptors (Lipinski definition) is 3. The van der Waals surface area contributed by atoms with Crippen LogP contribution < -0.4 is 0 Å². The highest BCUT2D eigenvalue weighted by Gasteiger charge is 2.02. The van der Waals surface area contributed by atoms with Gasteiger partial charge in [0, 0.05) is 11.5 Å². The SMILES string of the molecule is OCC(O)CSCc1cccc(F)c1. The maximum Gasteiger partial charge on any atom is 0.123 e. The second-order valence-corrected chi connectivity index (χ2v) is 4.01. The van der Waals surface area contributed by atoms with Crippen molar-refractivity contribution in [1.29, 1.82) is 0 Å². The lowest BCUT2D eigenvalue weighted by atomic mass is 10.2. The van der Waals surface area contributed by atoms with Crippen LogP contribution in [0.5, 0.6) is 0 Å². The lowest BCUT2D eigenvalue weighted by Crippen LogP contribution is -2.14. The quantitative estimate of drug-likeness (QED) is 0.782. The number of hydrogen-bond donors (Lipinski definition) is 2. The Balaban J connectivity index is 2.31. The van der Waals surface area contributed by atoms with Gasteiger partial charge in [-0.2, -0.15) is 11.8 Å². The monoisotopic (exact) mass is 216 g/mol. The van der Waals surface area contributed by atoms with E-state index < -0.39 is 6.10 Å². The third-order valence-corrected chi connectivity index (χ3v) is 2.84. The largest absolute Gasteiger partial charge is 0.394 e. The van der Waals surface area contributed by atoms with Crippen LogP contribution in [0.25, 0.3) is 0 Å². The van der Waals surface area contributed by atoms with Crippen molar-refractivity contribution in [3.63, 3.8) is 0 Å². The van der Waals surface area contributed by atoms with Crippen LogP contribution >= 0.6 is 11.8 Å². The molecule has 0 fully saturated rings. The van der Waals surface area contributed by atoms with Crippen molar-refractivity contribution < 1.29 is 14.6 Å². The molecule has 0 saturated heterocycles. The molecule has 1 atom stereocenters. The molecule has 0 amide bonds. The van der Waals surface area contributed by atoms with Crippen molar-refractivity contribution in [3.8, 4) is 0 Å². The summed E-state index contributed by atoms with van der Waals surface area (Å²) < 4.78 is 12.7. The van der Waals surface area contributed by atoms with E-state index in [1.165, 1.54) is 23.9 Å². The number of aliphatic hydroxyl groups excluding tert-OH is 2. The fourth-order valence-corrected chi connectivity index (χ4v) is 1.90. The molecule has 0 aliphatic heterocycles. The van der Waals surface area contributed by atoms with Crippen molar-refractivity contribution in [3.05, 3.63) is 35.6 Å². The molecular weight excluding hydrogens is 203 g/mol. The molecule has 1 unspecified atom stereocenters. The van der Waals surface area contributed by atoms with Crippen LogP contribution in [-0.4, -0.2) is 28.7 Å². The summed E-state index contributed by atoms with van der Waals surface area (Å²) in [5.41, 5.74) is 0.889. The normalized spacial score (nSPS) is 12.8. The van der Waals surface area contributed by atoms with Gasteiger partial charge in [-0.3, -0.25) is 0 Å². The smallest absolute Gasteiger partial charge is 0.123 e. The molecule has 0 aromatic heterocycles. The Morgan fingerprint density at radius 3 is 2.86 bits per heavy atom. The minimum Gasteiger partial charge on any atom is -0.394 e. The molecule has 0 bridgehead atoms. The minimum absolute atomic E-state index is 0.226. The van der Waals surface area contributed by atoms with Crippen LogP contribution in [0.1, 0.15) is 5.56 Å². The van der Waals surface area contributed by atoms with E-state index in [4.69, 9.17) is 10.2 Å². The third kappa shape index (κ3) is 4.09. The zero-order valence-corrected chi connectivity index (χ0v) is 8.51. The summed E-state index contributed by atoms with van der Waals surface area (Å²) in [6.07, 6.45) is -0.687. The van der Waals surface area contributed by atoms with E-state index >= 15 is 0 Å². The van der Waals surface area contributed by atoms with Crippen molar-refractivity contribution >= 4 is 11.8 Å². The predicted octanol–water partition coefficient (Wildman–Crippen LogP) is 1.41. The topological polar surface area (TPSA) is 40.5 Å². The first-order valence-electron chi connectivity index (χ1n) is 4.33. The molecule has 78 valence electrons. The number of benzene rings is 1. The minimum atomic E-state index is -0.687. The molecule has 0 radical (unpaired) electrons. The van der Waals surface area contributed by atoms with E-state index in [0.29, 0.717) is 11.5 Å². The molecule has 1 aromatic carbocycles. The molecule has 0 spiro atoms. The van der Waals surface area contributed by atoms with Gasteiger partial charge in [0.2, 0.25) is 0 Å². The summed E-state index contributed by atoms with van der Waals surface area (Å²) in [5.74, 6) is 0.868. The zero-order valence-electron chi connectivity index (χ0n) is 7.69. The third-order valence-electron chi connectivity index (χ3n) is 1.68. The molecule has 1 aromatic rings. The van der Waals surface area contributed by atoms with E-state index in [1.54, 1.807) is 6.07 Å². The van der Waals surface area contributed by atoms with Gasteiger partial charge >= 0.3 is 0 Å². The number of thioether (sulfide) groups is 1. The molecule has 1 rings (SSSR count). The molecule has 14 heavy (non-hydrogen) atoms. The van der Waals surface area contributed by atoms with Crippen LogP contribution in [0.3, 0.4) is 0 Å². The molecule has 0 saturated carbocycles. The van der Waals surface area contributed by atoms with E-state index in [2.05, 4.69) is 0 Å². The molecule has 0 aliphatic rings. The Bertz CT molecular complexity index is 281. The number of aliphatic hydroxyl groups is 2. The van der Waals surface area contributed by atoms with Crippen molar-refractivity contribution in [2.45, 2.75) is 11.9 Å². The van der Waals surface area contributed by atoms with E-state index in [0.717, 1.165) is 5.56 Å². The van der Waals surface area contributed by atoms with Crippen LogP contribution in [-0.2, 0) is 5.75 Å². The van der Waals surface area contributed by atoms with Crippen molar-refractivity contribution in [1.82, 2.24) is 0 Å². The van der Waals surface area contributed by atoms with Gasteiger partial charge < -0.3 is 10.2 Å². The first-order chi connectivity index (χ1) is 6.72. The van der Waals surface area contributed by atoms with Gasteiger partial charge in [0.05, 0.1) is 12.7 Å². The van der Waals surface area contributed by atoms with E-state index in [9.17, 15) is 4.39 Å². The second-order valence-electron chi connectivity index (χ2n) is 2.98. The van der Waals surface area contributed by atoms with Gasteiger partial charge in [0.25, 0.3) is 0 Å². The summed E-state index contributed by atoms with van der Waals surface area (Å²) in [7, 11) is 0. The van der Waals surface area contributed by atoms with Crippen LogP contribution in [0.2, 0.25) is 0 Å². The summed E-state index contributed by atoms with van der Waals surface area (Å²) in [6, 6.07) is 6.37. The van der Waals surface area contributed by atoms with Gasteiger partial charge in [-0.1, -0.05) is 12.1 Å². The molecule has 4 heteroatoms. The summed E-state index contributed by atoms with van der Waals surface area (Å²) in [6.45, 7) is -0.226. The molecule has 0 aliphatic carbocycles. The first-order valence-corrected chi connectivity index (χ1v) is 5.49. The Labute approximate surface area is 86.8 Å². The van der Waals surface area contributed by atoms with Gasteiger partial charge in [0.15, 0.2) is 0 Å². The maximum absolute atomic E-state index is 12.7. The summed E-state index contributed by atoms with van der Waals surface area (Å²) in [4.78, 5) is 0. The van der Waals surface area contributed by atoms with Crippen LogP contribution in [0, 0.1) is 5.82 Å². The highest BCUT2D eigenvalue weighted by molar-refractivity contribution is 7.98. The van der Waals surface area contributed by atoms with E-state index in [1.807, 2.05) is 6.07 Å². The lowest BCUT2D eigenvalue weighted by Gasteiger charge is -2.06. The van der Waals surface area contributed by atoms with Crippen molar-refractivity contribution in [2.75, 3.05) is 12.4 Å². The van der Waals surface area contributed by atoms with Crippen LogP contribution in [0.4, 0.5) is 4.39 Å². The number of rotatable bonds is 5. The first kappa shape index (κ1) is 11.5. The maximum atomic E-state index is 12.7. The molecule has 2 N–H and O–H groups in total. The Hall–Kier alpha value is -0.580. The van der Waals surface area contributed by atoms with E-state index in [-0.39, 0.29) is 12.4 Å². The molecule has 0 heterocycles. The molecular formula is C10H13FO2S. The van der Waals surface area contributed by atoms with Crippen molar-refractivity contribution in [2.24, 2.45) is 0 Å². The van der Waals surface area contributed by atoms with Gasteiger partial charge in [-0.25, -0.2) is 4.39 Å². The Morgan fingerprint density at radius 2 is 2.21 bits per heavy atom. The number of halogens is 1.